The lowest BCUT2D eigenvalue weighted by Gasteiger charge is -2.40. The molecule has 8 heteroatoms. The van der Waals surface area contributed by atoms with Crippen LogP contribution in [0.2, 0.25) is 0 Å². The molecule has 1 fully saturated rings. The normalized spacial score (nSPS) is 20.5. The Morgan fingerprint density at radius 3 is 2.78 bits per heavy atom. The molecule has 0 unspecified atom stereocenters. The van der Waals surface area contributed by atoms with Crippen LogP contribution >= 0.6 is 0 Å². The van der Waals surface area contributed by atoms with Crippen LogP contribution in [-0.4, -0.2) is 51.7 Å². The summed E-state index contributed by atoms with van der Waals surface area (Å²) in [4.78, 5) is 16.1. The van der Waals surface area contributed by atoms with Crippen molar-refractivity contribution in [3.63, 3.8) is 0 Å². The summed E-state index contributed by atoms with van der Waals surface area (Å²) in [6, 6.07) is 5.36. The molecule has 0 saturated carbocycles. The number of carbonyl (C=O) groups excluding carboxylic acids is 1. The summed E-state index contributed by atoms with van der Waals surface area (Å²) in [5.41, 5.74) is -0.277. The summed E-state index contributed by atoms with van der Waals surface area (Å²) < 4.78 is 31.7. The molecule has 1 saturated heterocycles. The number of aliphatic hydroxyl groups is 1. The van der Waals surface area contributed by atoms with Crippen molar-refractivity contribution >= 4 is 5.91 Å². The third-order valence-corrected chi connectivity index (χ3v) is 4.70. The van der Waals surface area contributed by atoms with E-state index >= 15 is 0 Å². The molecule has 1 aliphatic rings. The number of benzene rings is 1. The molecule has 6 nitrogen and oxygen atoms in total. The molecule has 1 N–H and O–H groups in total. The van der Waals surface area contributed by atoms with Crippen LogP contribution in [0.4, 0.5) is 8.78 Å². The molecule has 1 aromatic carbocycles. The van der Waals surface area contributed by atoms with Crippen molar-refractivity contribution < 1.29 is 23.2 Å². The third kappa shape index (κ3) is 4.51. The highest BCUT2D eigenvalue weighted by atomic mass is 19.2. The molecule has 0 radical (unpaired) electrons. The molecule has 2 aromatic rings. The molecule has 2 heterocycles. The van der Waals surface area contributed by atoms with E-state index < -0.39 is 23.1 Å². The number of aryl methyl sites for hydroxylation is 1. The van der Waals surface area contributed by atoms with Gasteiger partial charge >= 0.3 is 0 Å². The SMILES string of the molecule is Cc1cc(CN(C)C[C@@]2(O)CCCN(Cc3ccc(F)c(F)c3)C2=O)on1. The Balaban J connectivity index is 1.66. The van der Waals surface area contributed by atoms with Crippen LogP contribution in [-0.2, 0) is 17.9 Å². The first-order chi connectivity index (χ1) is 12.8. The van der Waals surface area contributed by atoms with E-state index in [1.165, 1.54) is 11.0 Å². The van der Waals surface area contributed by atoms with E-state index in [1.54, 1.807) is 18.0 Å². The first-order valence-electron chi connectivity index (χ1n) is 8.83. The highest BCUT2D eigenvalue weighted by molar-refractivity contribution is 5.86. The summed E-state index contributed by atoms with van der Waals surface area (Å²) in [6.45, 7) is 2.97. The van der Waals surface area contributed by atoms with E-state index in [4.69, 9.17) is 4.52 Å². The van der Waals surface area contributed by atoms with Gasteiger partial charge in [-0.2, -0.15) is 0 Å². The van der Waals surface area contributed by atoms with E-state index in [0.717, 1.165) is 17.8 Å². The first-order valence-corrected chi connectivity index (χ1v) is 8.83. The van der Waals surface area contributed by atoms with E-state index in [-0.39, 0.29) is 13.1 Å². The van der Waals surface area contributed by atoms with Crippen LogP contribution < -0.4 is 0 Å². The second-order valence-corrected chi connectivity index (χ2v) is 7.22. The van der Waals surface area contributed by atoms with Crippen LogP contribution in [0.1, 0.15) is 29.9 Å². The average Bonchev–Trinajstić information content (AvgIpc) is 3.00. The van der Waals surface area contributed by atoms with Gasteiger partial charge in [-0.1, -0.05) is 11.2 Å². The molecular formula is C19H23F2N3O3. The van der Waals surface area contributed by atoms with Gasteiger partial charge in [0, 0.05) is 25.7 Å². The topological polar surface area (TPSA) is 69.8 Å². The fourth-order valence-corrected chi connectivity index (χ4v) is 3.48. The van der Waals surface area contributed by atoms with Gasteiger partial charge in [0.2, 0.25) is 0 Å². The number of hydrogen-bond acceptors (Lipinski definition) is 5. The summed E-state index contributed by atoms with van der Waals surface area (Å²) in [6.07, 6.45) is 0.973. The van der Waals surface area contributed by atoms with Gasteiger partial charge in [-0.25, -0.2) is 8.78 Å². The summed E-state index contributed by atoms with van der Waals surface area (Å²) in [7, 11) is 1.79. The predicted molar refractivity (Wildman–Crippen MR) is 93.5 cm³/mol. The number of nitrogens with zero attached hydrogens (tertiary/aromatic N) is 3. The largest absolute Gasteiger partial charge is 0.379 e. The van der Waals surface area contributed by atoms with Crippen LogP contribution in [0, 0.1) is 18.6 Å². The van der Waals surface area contributed by atoms with Gasteiger partial charge in [0.1, 0.15) is 0 Å². The lowest BCUT2D eigenvalue weighted by Crippen LogP contribution is -2.57. The minimum absolute atomic E-state index is 0.128. The van der Waals surface area contributed by atoms with E-state index in [0.29, 0.717) is 37.3 Å². The third-order valence-electron chi connectivity index (χ3n) is 4.70. The van der Waals surface area contributed by atoms with E-state index in [1.807, 2.05) is 6.92 Å². The zero-order valence-corrected chi connectivity index (χ0v) is 15.4. The van der Waals surface area contributed by atoms with E-state index in [2.05, 4.69) is 5.16 Å². The van der Waals surface area contributed by atoms with Gasteiger partial charge in [-0.15, -0.1) is 0 Å². The Morgan fingerprint density at radius 1 is 1.33 bits per heavy atom. The minimum Gasteiger partial charge on any atom is -0.379 e. The standard InChI is InChI=1S/C19H23F2N3O3/c1-13-8-15(27-22-13)11-23(2)12-19(26)6-3-7-24(18(19)25)10-14-4-5-16(20)17(21)9-14/h4-5,8-9,26H,3,6-7,10-12H2,1-2H3/t19-/m0/s1. The summed E-state index contributed by atoms with van der Waals surface area (Å²) >= 11 is 0. The number of carbonyl (C=O) groups is 1. The Labute approximate surface area is 156 Å². The molecule has 1 aliphatic heterocycles. The van der Waals surface area contributed by atoms with Crippen molar-refractivity contribution in [2.75, 3.05) is 20.1 Å². The minimum atomic E-state index is -1.53. The second kappa shape index (κ2) is 7.74. The second-order valence-electron chi connectivity index (χ2n) is 7.22. The maximum atomic E-state index is 13.4. The zero-order chi connectivity index (χ0) is 19.6. The number of likely N-dealkylation sites (N-methyl/N-ethyl adjacent to an activating group) is 1. The van der Waals surface area contributed by atoms with Crippen molar-refractivity contribution in [3.05, 3.63) is 52.9 Å². The average molecular weight is 379 g/mol. The monoisotopic (exact) mass is 379 g/mol. The van der Waals surface area contributed by atoms with Gasteiger partial charge in [-0.05, 0) is 44.5 Å². The highest BCUT2D eigenvalue weighted by Crippen LogP contribution is 2.26. The maximum absolute atomic E-state index is 13.4. The molecule has 0 aliphatic carbocycles. The van der Waals surface area contributed by atoms with Gasteiger partial charge in [0.05, 0.1) is 12.2 Å². The summed E-state index contributed by atoms with van der Waals surface area (Å²) in [5.74, 6) is -1.63. The number of amides is 1. The molecule has 1 aromatic heterocycles. The lowest BCUT2D eigenvalue weighted by molar-refractivity contribution is -0.160. The molecular weight excluding hydrogens is 356 g/mol. The van der Waals surface area contributed by atoms with Crippen molar-refractivity contribution in [2.45, 2.75) is 38.5 Å². The number of piperidine rings is 1. The fraction of sp³-hybridized carbons (Fsp3) is 0.474. The molecule has 1 amide bonds. The Kier molecular flexibility index (Phi) is 5.57. The number of rotatable bonds is 6. The van der Waals surface area contributed by atoms with Crippen molar-refractivity contribution in [2.24, 2.45) is 0 Å². The van der Waals surface area contributed by atoms with Crippen LogP contribution in [0.25, 0.3) is 0 Å². The van der Waals surface area contributed by atoms with Crippen LogP contribution in [0.3, 0.4) is 0 Å². The molecule has 146 valence electrons. The van der Waals surface area contributed by atoms with Crippen molar-refractivity contribution in [1.82, 2.24) is 15.0 Å². The molecule has 27 heavy (non-hydrogen) atoms. The highest BCUT2D eigenvalue weighted by Gasteiger charge is 2.42. The van der Waals surface area contributed by atoms with E-state index in [9.17, 15) is 18.7 Å². The fourth-order valence-electron chi connectivity index (χ4n) is 3.48. The summed E-state index contributed by atoms with van der Waals surface area (Å²) in [5, 5.41) is 14.8. The van der Waals surface area contributed by atoms with Crippen LogP contribution in [0.15, 0.2) is 28.8 Å². The van der Waals surface area contributed by atoms with Gasteiger partial charge < -0.3 is 14.5 Å². The van der Waals surface area contributed by atoms with Crippen molar-refractivity contribution in [3.8, 4) is 0 Å². The number of halogens is 2. The van der Waals surface area contributed by atoms with Crippen LogP contribution in [0.5, 0.6) is 0 Å². The number of likely N-dealkylation sites (tertiary alicyclic amines) is 1. The Morgan fingerprint density at radius 2 is 2.11 bits per heavy atom. The van der Waals surface area contributed by atoms with Gasteiger partial charge in [0.25, 0.3) is 5.91 Å². The number of hydrogen-bond donors (Lipinski definition) is 1. The lowest BCUT2D eigenvalue weighted by atomic mass is 9.90. The Bertz CT molecular complexity index is 826. The first kappa shape index (κ1) is 19.4. The van der Waals surface area contributed by atoms with Gasteiger partial charge in [-0.3, -0.25) is 9.69 Å². The molecule has 0 bridgehead atoms. The molecule has 0 spiro atoms. The van der Waals surface area contributed by atoms with Gasteiger partial charge in [0.15, 0.2) is 23.0 Å². The predicted octanol–water partition coefficient (Wildman–Crippen LogP) is 2.25. The quantitative estimate of drug-likeness (QED) is 0.834. The van der Waals surface area contributed by atoms with Crippen molar-refractivity contribution in [1.29, 1.82) is 0 Å². The number of aromatic nitrogens is 1. The zero-order valence-electron chi connectivity index (χ0n) is 15.4. The maximum Gasteiger partial charge on any atom is 0.256 e. The Hall–Kier alpha value is -2.32. The molecule has 1 atom stereocenters. The molecule has 3 rings (SSSR count). The smallest absolute Gasteiger partial charge is 0.256 e.